The van der Waals surface area contributed by atoms with E-state index in [2.05, 4.69) is 36.7 Å². The predicted octanol–water partition coefficient (Wildman–Crippen LogP) is 2.44. The first-order chi connectivity index (χ1) is 9.19. The maximum Gasteiger partial charge on any atom is 0.223 e. The fourth-order valence-corrected chi connectivity index (χ4v) is 3.68. The van der Waals surface area contributed by atoms with Gasteiger partial charge in [0, 0.05) is 25.0 Å². The molecule has 0 aromatic carbocycles. The van der Waals surface area contributed by atoms with Crippen LogP contribution in [0, 0.1) is 17.8 Å². The van der Waals surface area contributed by atoms with Crippen molar-refractivity contribution in [1.29, 1.82) is 0 Å². The fraction of sp³-hybridized carbons (Fsp3) is 0.812. The van der Waals surface area contributed by atoms with E-state index in [0.29, 0.717) is 12.0 Å². The van der Waals surface area contributed by atoms with Crippen LogP contribution in [0.5, 0.6) is 0 Å². The van der Waals surface area contributed by atoms with E-state index in [1.807, 2.05) is 0 Å². The molecule has 108 valence electrons. The Morgan fingerprint density at radius 3 is 2.74 bits per heavy atom. The monoisotopic (exact) mass is 264 g/mol. The summed E-state index contributed by atoms with van der Waals surface area (Å²) < 4.78 is 0. The topological polar surface area (TPSA) is 32.3 Å². The number of rotatable bonds is 6. The minimum atomic E-state index is 0.191. The summed E-state index contributed by atoms with van der Waals surface area (Å²) in [6, 6.07) is 0.549. The van der Waals surface area contributed by atoms with E-state index in [0.717, 1.165) is 31.8 Å². The molecule has 3 rings (SSSR count). The van der Waals surface area contributed by atoms with Gasteiger partial charge in [0.05, 0.1) is 0 Å². The third-order valence-corrected chi connectivity index (χ3v) is 5.10. The highest BCUT2D eigenvalue weighted by Gasteiger charge is 2.38. The van der Waals surface area contributed by atoms with Gasteiger partial charge in [0.15, 0.2) is 0 Å². The Morgan fingerprint density at radius 1 is 1.47 bits per heavy atom. The van der Waals surface area contributed by atoms with Gasteiger partial charge in [0.2, 0.25) is 5.91 Å². The SMILES string of the molecule is C=CC1CN2CCC1CC2CNC(=O)C(CC)CC. The van der Waals surface area contributed by atoms with Crippen LogP contribution in [0.15, 0.2) is 12.7 Å². The van der Waals surface area contributed by atoms with Crippen LogP contribution >= 0.6 is 0 Å². The molecule has 1 N–H and O–H groups in total. The number of carbonyl (C=O) groups excluding carboxylic acids is 1. The number of hydrogen-bond donors (Lipinski definition) is 1. The molecule has 0 aliphatic carbocycles. The summed E-state index contributed by atoms with van der Waals surface area (Å²) in [5.41, 5.74) is 0. The van der Waals surface area contributed by atoms with E-state index in [1.165, 1.54) is 19.4 Å². The summed E-state index contributed by atoms with van der Waals surface area (Å²) in [4.78, 5) is 14.6. The average Bonchev–Trinajstić information content (AvgIpc) is 2.46. The fourth-order valence-electron chi connectivity index (χ4n) is 3.68. The molecule has 3 heterocycles. The lowest BCUT2D eigenvalue weighted by Gasteiger charge is -2.49. The first-order valence-electron chi connectivity index (χ1n) is 7.83. The maximum absolute atomic E-state index is 12.0. The van der Waals surface area contributed by atoms with E-state index in [9.17, 15) is 4.79 Å². The molecule has 3 aliphatic heterocycles. The zero-order valence-electron chi connectivity index (χ0n) is 12.4. The molecular formula is C16H28N2O. The molecule has 0 aromatic rings. The molecule has 3 heteroatoms. The average molecular weight is 264 g/mol. The normalized spacial score (nSPS) is 33.4. The van der Waals surface area contributed by atoms with Crippen LogP contribution in [0.3, 0.4) is 0 Å². The van der Waals surface area contributed by atoms with Gasteiger partial charge in [-0.1, -0.05) is 19.9 Å². The molecule has 1 amide bonds. The lowest BCUT2D eigenvalue weighted by molar-refractivity contribution is -0.125. The molecule has 3 saturated heterocycles. The summed E-state index contributed by atoms with van der Waals surface area (Å²) in [5, 5.41) is 3.17. The number of amides is 1. The molecule has 0 spiro atoms. The minimum Gasteiger partial charge on any atom is -0.354 e. The van der Waals surface area contributed by atoms with Crippen molar-refractivity contribution >= 4 is 5.91 Å². The highest BCUT2D eigenvalue weighted by atomic mass is 16.1. The van der Waals surface area contributed by atoms with E-state index in [-0.39, 0.29) is 11.8 Å². The number of nitrogens with zero attached hydrogens (tertiary/aromatic N) is 1. The van der Waals surface area contributed by atoms with Gasteiger partial charge in [0.1, 0.15) is 0 Å². The number of fused-ring (bicyclic) bond motifs is 3. The molecule has 3 aliphatic rings. The zero-order chi connectivity index (χ0) is 13.8. The van der Waals surface area contributed by atoms with Crippen LogP contribution in [-0.2, 0) is 4.79 Å². The lowest BCUT2D eigenvalue weighted by atomic mass is 9.75. The third-order valence-electron chi connectivity index (χ3n) is 5.10. The second-order valence-corrected chi connectivity index (χ2v) is 6.09. The number of piperidine rings is 3. The Bertz CT molecular complexity index is 325. The van der Waals surface area contributed by atoms with E-state index >= 15 is 0 Å². The molecule has 3 nitrogen and oxygen atoms in total. The van der Waals surface area contributed by atoms with Crippen molar-refractivity contribution in [3.05, 3.63) is 12.7 Å². The first kappa shape index (κ1) is 14.6. The van der Waals surface area contributed by atoms with Gasteiger partial charge in [-0.25, -0.2) is 0 Å². The second kappa shape index (κ2) is 6.56. The Hall–Kier alpha value is -0.830. The van der Waals surface area contributed by atoms with Gasteiger partial charge in [-0.2, -0.15) is 0 Å². The minimum absolute atomic E-state index is 0.191. The molecule has 0 aromatic heterocycles. The van der Waals surface area contributed by atoms with Crippen molar-refractivity contribution < 1.29 is 4.79 Å². The second-order valence-electron chi connectivity index (χ2n) is 6.09. The van der Waals surface area contributed by atoms with Crippen LogP contribution in [0.4, 0.5) is 0 Å². The molecule has 2 bridgehead atoms. The van der Waals surface area contributed by atoms with Crippen LogP contribution in [-0.4, -0.2) is 36.5 Å². The molecule has 0 saturated carbocycles. The van der Waals surface area contributed by atoms with Crippen LogP contribution in [0.1, 0.15) is 39.5 Å². The van der Waals surface area contributed by atoms with E-state index in [1.54, 1.807) is 0 Å². The third kappa shape index (κ3) is 3.19. The first-order valence-corrected chi connectivity index (χ1v) is 7.83. The van der Waals surface area contributed by atoms with Gasteiger partial charge < -0.3 is 5.32 Å². The molecule has 19 heavy (non-hydrogen) atoms. The highest BCUT2D eigenvalue weighted by Crippen LogP contribution is 2.36. The lowest BCUT2D eigenvalue weighted by Crippen LogP contribution is -2.56. The standard InChI is InChI=1S/C16H28N2O/c1-4-12(5-2)16(19)17-10-15-9-14-7-8-18(15)11-13(14)6-3/h6,12-15H,3-5,7-11H2,1-2H3,(H,17,19). The Labute approximate surface area is 117 Å². The maximum atomic E-state index is 12.0. The van der Waals surface area contributed by atoms with Crippen LogP contribution in [0.25, 0.3) is 0 Å². The number of hydrogen-bond acceptors (Lipinski definition) is 2. The smallest absolute Gasteiger partial charge is 0.223 e. The van der Waals surface area contributed by atoms with Crippen molar-refractivity contribution in [2.24, 2.45) is 17.8 Å². The summed E-state index contributed by atoms with van der Waals surface area (Å²) in [7, 11) is 0. The molecular weight excluding hydrogens is 236 g/mol. The van der Waals surface area contributed by atoms with Crippen molar-refractivity contribution in [2.75, 3.05) is 19.6 Å². The molecule has 3 fully saturated rings. The summed E-state index contributed by atoms with van der Waals surface area (Å²) in [5.74, 6) is 1.89. The largest absolute Gasteiger partial charge is 0.354 e. The highest BCUT2D eigenvalue weighted by molar-refractivity contribution is 5.78. The van der Waals surface area contributed by atoms with Crippen LogP contribution in [0.2, 0.25) is 0 Å². The van der Waals surface area contributed by atoms with Crippen molar-refractivity contribution in [1.82, 2.24) is 10.2 Å². The van der Waals surface area contributed by atoms with Gasteiger partial charge in [-0.15, -0.1) is 6.58 Å². The molecule has 0 radical (unpaired) electrons. The number of carbonyl (C=O) groups is 1. The van der Waals surface area contributed by atoms with Gasteiger partial charge >= 0.3 is 0 Å². The Kier molecular flexibility index (Phi) is 5.03. The summed E-state index contributed by atoms with van der Waals surface area (Å²) in [6.45, 7) is 11.3. The summed E-state index contributed by atoms with van der Waals surface area (Å²) in [6.07, 6.45) is 6.53. The zero-order valence-corrected chi connectivity index (χ0v) is 12.4. The van der Waals surface area contributed by atoms with Gasteiger partial charge in [-0.05, 0) is 44.1 Å². The van der Waals surface area contributed by atoms with Crippen molar-refractivity contribution in [3.63, 3.8) is 0 Å². The van der Waals surface area contributed by atoms with Gasteiger partial charge in [-0.3, -0.25) is 9.69 Å². The molecule has 4 atom stereocenters. The molecule has 4 unspecified atom stereocenters. The quantitative estimate of drug-likeness (QED) is 0.747. The van der Waals surface area contributed by atoms with Gasteiger partial charge in [0.25, 0.3) is 0 Å². The van der Waals surface area contributed by atoms with Crippen LogP contribution < -0.4 is 5.32 Å². The summed E-state index contributed by atoms with van der Waals surface area (Å²) >= 11 is 0. The number of nitrogens with one attached hydrogen (secondary N) is 1. The van der Waals surface area contributed by atoms with E-state index < -0.39 is 0 Å². The Morgan fingerprint density at radius 2 is 2.21 bits per heavy atom. The van der Waals surface area contributed by atoms with E-state index in [4.69, 9.17) is 0 Å². The predicted molar refractivity (Wildman–Crippen MR) is 78.9 cm³/mol. The van der Waals surface area contributed by atoms with Crippen molar-refractivity contribution in [3.8, 4) is 0 Å². The Balaban J connectivity index is 1.82. The van der Waals surface area contributed by atoms with Crippen molar-refractivity contribution in [2.45, 2.75) is 45.6 Å².